The summed E-state index contributed by atoms with van der Waals surface area (Å²) in [6.45, 7) is 1.65. The minimum absolute atomic E-state index is 0.262. The number of aliphatic carboxylic acids is 1. The lowest BCUT2D eigenvalue weighted by Crippen LogP contribution is -2.51. The Morgan fingerprint density at radius 1 is 1.47 bits per heavy atom. The molecule has 2 rings (SSSR count). The molecule has 0 aromatic carbocycles. The summed E-state index contributed by atoms with van der Waals surface area (Å²) in [5.74, 6) is -0.912. The van der Waals surface area contributed by atoms with Crippen molar-refractivity contribution in [3.63, 3.8) is 0 Å². The first-order valence-electron chi connectivity index (χ1n) is 5.90. The lowest BCUT2D eigenvalue weighted by atomic mass is 9.96. The average molecular weight is 235 g/mol. The number of carbonyl (C=O) groups is 1. The van der Waals surface area contributed by atoms with Crippen LogP contribution in [-0.4, -0.2) is 27.1 Å². The predicted octanol–water partition coefficient (Wildman–Crippen LogP) is 1.31. The van der Waals surface area contributed by atoms with Crippen molar-refractivity contribution in [3.05, 3.63) is 24.3 Å². The van der Waals surface area contributed by atoms with Crippen molar-refractivity contribution in [1.82, 2.24) is 15.3 Å². The molecule has 1 aliphatic carbocycles. The monoisotopic (exact) mass is 235 g/mol. The fraction of sp³-hybridized carbons (Fsp3) is 0.583. The molecule has 1 aliphatic rings. The van der Waals surface area contributed by atoms with E-state index in [0.717, 1.165) is 25.7 Å². The van der Waals surface area contributed by atoms with E-state index in [1.165, 1.54) is 12.4 Å². The Labute approximate surface area is 100 Å². The highest BCUT2D eigenvalue weighted by Gasteiger charge is 2.39. The third kappa shape index (κ3) is 2.44. The van der Waals surface area contributed by atoms with Gasteiger partial charge in [0.15, 0.2) is 5.54 Å². The average Bonchev–Trinajstić information content (AvgIpc) is 2.82. The van der Waals surface area contributed by atoms with E-state index in [2.05, 4.69) is 15.3 Å². The Bertz CT molecular complexity index is 390. The van der Waals surface area contributed by atoms with Crippen LogP contribution in [0.5, 0.6) is 0 Å². The van der Waals surface area contributed by atoms with Crippen molar-refractivity contribution in [2.75, 3.05) is 0 Å². The van der Waals surface area contributed by atoms with Gasteiger partial charge in [-0.25, -0.2) is 4.79 Å². The minimum atomic E-state index is -1.15. The number of hydrogen-bond donors (Lipinski definition) is 2. The van der Waals surface area contributed by atoms with Gasteiger partial charge in [-0.3, -0.25) is 15.3 Å². The Morgan fingerprint density at radius 2 is 2.18 bits per heavy atom. The third-order valence-electron chi connectivity index (χ3n) is 3.35. The van der Waals surface area contributed by atoms with Crippen LogP contribution in [0.4, 0.5) is 0 Å². The fourth-order valence-corrected chi connectivity index (χ4v) is 2.28. The SMILES string of the molecule is CC(NC1CCCC1)(C(=O)O)c1cnccn1. The summed E-state index contributed by atoms with van der Waals surface area (Å²) in [5, 5.41) is 12.6. The molecular formula is C12H17N3O2. The summed E-state index contributed by atoms with van der Waals surface area (Å²) in [7, 11) is 0. The molecule has 1 atom stereocenters. The molecule has 1 heterocycles. The number of rotatable bonds is 4. The molecule has 2 N–H and O–H groups in total. The van der Waals surface area contributed by atoms with Gasteiger partial charge in [0, 0.05) is 18.4 Å². The molecule has 5 heteroatoms. The first-order valence-corrected chi connectivity index (χ1v) is 5.90. The highest BCUT2D eigenvalue weighted by molar-refractivity contribution is 5.79. The van der Waals surface area contributed by atoms with Crippen molar-refractivity contribution in [2.24, 2.45) is 0 Å². The zero-order valence-corrected chi connectivity index (χ0v) is 9.89. The van der Waals surface area contributed by atoms with E-state index in [4.69, 9.17) is 0 Å². The highest BCUT2D eigenvalue weighted by Crippen LogP contribution is 2.25. The van der Waals surface area contributed by atoms with E-state index >= 15 is 0 Å². The number of aromatic nitrogens is 2. The largest absolute Gasteiger partial charge is 0.480 e. The van der Waals surface area contributed by atoms with Crippen LogP contribution < -0.4 is 5.32 Å². The molecule has 1 unspecified atom stereocenters. The number of nitrogens with zero attached hydrogens (tertiary/aromatic N) is 2. The standard InChI is InChI=1S/C12H17N3O2/c1-12(11(16)17,10-8-13-6-7-14-10)15-9-4-2-3-5-9/h6-9,15H,2-5H2,1H3,(H,16,17). The van der Waals surface area contributed by atoms with E-state index in [0.29, 0.717) is 5.69 Å². The van der Waals surface area contributed by atoms with Crippen LogP contribution in [0.3, 0.4) is 0 Å². The van der Waals surface area contributed by atoms with Crippen LogP contribution in [0.1, 0.15) is 38.3 Å². The molecule has 0 amide bonds. The summed E-state index contributed by atoms with van der Waals surface area (Å²) in [6.07, 6.45) is 8.96. The molecule has 5 nitrogen and oxygen atoms in total. The fourth-order valence-electron chi connectivity index (χ4n) is 2.28. The maximum atomic E-state index is 11.5. The Kier molecular flexibility index (Phi) is 3.38. The van der Waals surface area contributed by atoms with E-state index < -0.39 is 11.5 Å². The highest BCUT2D eigenvalue weighted by atomic mass is 16.4. The van der Waals surface area contributed by atoms with Gasteiger partial charge in [0.2, 0.25) is 0 Å². The molecule has 1 saturated carbocycles. The minimum Gasteiger partial charge on any atom is -0.480 e. The van der Waals surface area contributed by atoms with E-state index in [-0.39, 0.29) is 6.04 Å². The number of carboxylic acid groups (broad SMARTS) is 1. The number of nitrogens with one attached hydrogen (secondary N) is 1. The second-order valence-electron chi connectivity index (χ2n) is 4.65. The van der Waals surface area contributed by atoms with Gasteiger partial charge in [-0.05, 0) is 19.8 Å². The first kappa shape index (κ1) is 12.0. The van der Waals surface area contributed by atoms with E-state index in [9.17, 15) is 9.90 Å². The van der Waals surface area contributed by atoms with Crippen molar-refractivity contribution in [3.8, 4) is 0 Å². The Balaban J connectivity index is 2.23. The van der Waals surface area contributed by atoms with Crippen molar-refractivity contribution in [1.29, 1.82) is 0 Å². The van der Waals surface area contributed by atoms with Crippen LogP contribution in [-0.2, 0) is 10.3 Å². The molecule has 1 aromatic heterocycles. The summed E-state index contributed by atoms with van der Waals surface area (Å²) in [4.78, 5) is 19.5. The van der Waals surface area contributed by atoms with Crippen molar-refractivity contribution >= 4 is 5.97 Å². The molecule has 92 valence electrons. The van der Waals surface area contributed by atoms with E-state index in [1.54, 1.807) is 13.1 Å². The second-order valence-corrected chi connectivity index (χ2v) is 4.65. The van der Waals surface area contributed by atoms with Crippen molar-refractivity contribution in [2.45, 2.75) is 44.2 Å². The maximum absolute atomic E-state index is 11.5. The van der Waals surface area contributed by atoms with Crippen LogP contribution in [0, 0.1) is 0 Å². The Morgan fingerprint density at radius 3 is 2.71 bits per heavy atom. The van der Waals surface area contributed by atoms with Gasteiger partial charge in [-0.2, -0.15) is 0 Å². The van der Waals surface area contributed by atoms with Crippen LogP contribution in [0.15, 0.2) is 18.6 Å². The molecule has 0 radical (unpaired) electrons. The summed E-state index contributed by atoms with van der Waals surface area (Å²) >= 11 is 0. The summed E-state index contributed by atoms with van der Waals surface area (Å²) in [6, 6.07) is 0.262. The maximum Gasteiger partial charge on any atom is 0.329 e. The zero-order chi connectivity index (χ0) is 12.3. The van der Waals surface area contributed by atoms with Gasteiger partial charge >= 0.3 is 5.97 Å². The Hall–Kier alpha value is -1.49. The molecule has 0 bridgehead atoms. The van der Waals surface area contributed by atoms with Gasteiger partial charge < -0.3 is 5.11 Å². The van der Waals surface area contributed by atoms with E-state index in [1.807, 2.05) is 0 Å². The smallest absolute Gasteiger partial charge is 0.329 e. The quantitative estimate of drug-likeness (QED) is 0.823. The molecule has 0 saturated heterocycles. The molecule has 1 fully saturated rings. The predicted molar refractivity (Wildman–Crippen MR) is 62.4 cm³/mol. The van der Waals surface area contributed by atoms with Crippen molar-refractivity contribution < 1.29 is 9.90 Å². The first-order chi connectivity index (χ1) is 8.13. The lowest BCUT2D eigenvalue weighted by Gasteiger charge is -2.29. The third-order valence-corrected chi connectivity index (χ3v) is 3.35. The van der Waals surface area contributed by atoms with Gasteiger partial charge in [0.25, 0.3) is 0 Å². The van der Waals surface area contributed by atoms with Crippen LogP contribution in [0.25, 0.3) is 0 Å². The van der Waals surface area contributed by atoms with Crippen LogP contribution >= 0.6 is 0 Å². The second kappa shape index (κ2) is 4.79. The number of carboxylic acids is 1. The summed E-state index contributed by atoms with van der Waals surface area (Å²) in [5.41, 5.74) is -0.692. The van der Waals surface area contributed by atoms with Crippen LogP contribution in [0.2, 0.25) is 0 Å². The van der Waals surface area contributed by atoms with Gasteiger partial charge in [0.1, 0.15) is 0 Å². The normalized spacial score (nSPS) is 20.1. The molecule has 1 aromatic rings. The topological polar surface area (TPSA) is 75.1 Å². The number of hydrogen-bond acceptors (Lipinski definition) is 4. The molecule has 0 spiro atoms. The molecule has 0 aliphatic heterocycles. The zero-order valence-electron chi connectivity index (χ0n) is 9.89. The lowest BCUT2D eigenvalue weighted by molar-refractivity contribution is -0.145. The van der Waals surface area contributed by atoms with Gasteiger partial charge in [-0.15, -0.1) is 0 Å². The summed E-state index contributed by atoms with van der Waals surface area (Å²) < 4.78 is 0. The molecular weight excluding hydrogens is 218 g/mol. The van der Waals surface area contributed by atoms with Gasteiger partial charge in [-0.1, -0.05) is 12.8 Å². The molecule has 17 heavy (non-hydrogen) atoms. The van der Waals surface area contributed by atoms with Gasteiger partial charge in [0.05, 0.1) is 11.9 Å².